The van der Waals surface area contributed by atoms with Crippen molar-refractivity contribution in [3.63, 3.8) is 0 Å². The summed E-state index contributed by atoms with van der Waals surface area (Å²) in [6, 6.07) is 7.08. The zero-order chi connectivity index (χ0) is 28.3. The summed E-state index contributed by atoms with van der Waals surface area (Å²) in [5.41, 5.74) is -1.08. The van der Waals surface area contributed by atoms with E-state index in [4.69, 9.17) is 37.4 Å². The Balaban J connectivity index is 2.08. The molecule has 0 unspecified atom stereocenters. The van der Waals surface area contributed by atoms with Crippen molar-refractivity contribution >= 4 is 54.6 Å². The molecule has 0 aromatic heterocycles. The number of ether oxygens (including phenoxy) is 3. The molecule has 0 saturated carbocycles. The van der Waals surface area contributed by atoms with Crippen LogP contribution in [0.3, 0.4) is 0 Å². The van der Waals surface area contributed by atoms with Gasteiger partial charge in [0.2, 0.25) is 0 Å². The fraction of sp³-hybridized carbons (Fsp3) is 0.217. The summed E-state index contributed by atoms with van der Waals surface area (Å²) < 4.78 is 102. The lowest BCUT2D eigenvalue weighted by Crippen LogP contribution is -2.19. The molecule has 0 bridgehead atoms. The highest BCUT2D eigenvalue weighted by Gasteiger charge is 2.28. The average Bonchev–Trinajstić information content (AvgIpc) is 2.83. The maximum atomic E-state index is 14.7. The van der Waals surface area contributed by atoms with Crippen LogP contribution in [0.25, 0.3) is 0 Å². The number of methoxy groups -OCH3 is 1. The average molecular weight is 611 g/mol. The van der Waals surface area contributed by atoms with Crippen molar-refractivity contribution in [1.29, 1.82) is 0 Å². The Morgan fingerprint density at radius 1 is 0.737 bits per heavy atom. The maximum Gasteiger partial charge on any atom is 0.265 e. The van der Waals surface area contributed by atoms with E-state index in [2.05, 4.69) is 9.44 Å². The third kappa shape index (κ3) is 6.52. The molecule has 9 nitrogen and oxygen atoms in total. The van der Waals surface area contributed by atoms with Crippen LogP contribution in [0.4, 0.5) is 20.2 Å². The third-order valence-electron chi connectivity index (χ3n) is 4.85. The first kappa shape index (κ1) is 29.6. The van der Waals surface area contributed by atoms with Gasteiger partial charge >= 0.3 is 0 Å². The topological polar surface area (TPSA) is 120 Å². The Kier molecular flexibility index (Phi) is 9.18. The van der Waals surface area contributed by atoms with Crippen molar-refractivity contribution < 1.29 is 39.8 Å². The first-order chi connectivity index (χ1) is 17.8. The van der Waals surface area contributed by atoms with Gasteiger partial charge in [-0.2, -0.15) is 0 Å². The zero-order valence-corrected chi connectivity index (χ0v) is 23.3. The lowest BCUT2D eigenvalue weighted by atomic mass is 10.3. The van der Waals surface area contributed by atoms with Crippen LogP contribution in [0, 0.1) is 11.6 Å². The van der Waals surface area contributed by atoms with Crippen molar-refractivity contribution in [3.8, 4) is 17.2 Å². The first-order valence-corrected chi connectivity index (χ1v) is 14.5. The summed E-state index contributed by atoms with van der Waals surface area (Å²) in [5.74, 6) is -2.67. The van der Waals surface area contributed by atoms with Gasteiger partial charge < -0.3 is 14.2 Å². The Hall–Kier alpha value is -3.00. The summed E-state index contributed by atoms with van der Waals surface area (Å²) in [4.78, 5) is -1.22. The summed E-state index contributed by atoms with van der Waals surface area (Å²) in [5, 5.41) is -0.0647. The second-order valence-electron chi connectivity index (χ2n) is 7.41. The van der Waals surface area contributed by atoms with Crippen molar-refractivity contribution in [1.82, 2.24) is 0 Å². The van der Waals surface area contributed by atoms with E-state index in [9.17, 15) is 25.6 Å². The van der Waals surface area contributed by atoms with Gasteiger partial charge in [0.25, 0.3) is 20.0 Å². The van der Waals surface area contributed by atoms with Crippen molar-refractivity contribution in [2.24, 2.45) is 0 Å². The second kappa shape index (κ2) is 11.8. The molecule has 0 aliphatic heterocycles. The molecule has 0 heterocycles. The molecule has 0 aliphatic carbocycles. The quantitative estimate of drug-likeness (QED) is 0.286. The largest absolute Gasteiger partial charge is 0.495 e. The molecular formula is C23H22Cl2F2N2O7S2. The van der Waals surface area contributed by atoms with E-state index >= 15 is 0 Å². The zero-order valence-electron chi connectivity index (χ0n) is 20.1. The van der Waals surface area contributed by atoms with Gasteiger partial charge in [0.1, 0.15) is 33.5 Å². The number of halogens is 4. The van der Waals surface area contributed by atoms with Crippen LogP contribution in [0.2, 0.25) is 10.0 Å². The molecule has 3 aromatic rings. The van der Waals surface area contributed by atoms with Gasteiger partial charge in [0.15, 0.2) is 11.6 Å². The maximum absolute atomic E-state index is 14.7. The molecule has 206 valence electrons. The van der Waals surface area contributed by atoms with Gasteiger partial charge in [-0.05, 0) is 44.2 Å². The standard InChI is InChI=1S/C23H22Cl2F2N2O7S2/c1-4-35-19-10-13(24)8-16(26)22(19)28-37(30,31)15-6-7-18(34-3)21(12-15)38(32,33)29-23-17(27)9-14(25)11-20(23)36-5-2/h6-12,28-29H,4-5H2,1-3H3. The monoisotopic (exact) mass is 610 g/mol. The van der Waals surface area contributed by atoms with Crippen LogP contribution in [0.1, 0.15) is 13.8 Å². The number of hydrogen-bond donors (Lipinski definition) is 2. The number of benzene rings is 3. The fourth-order valence-electron chi connectivity index (χ4n) is 3.25. The Labute approximate surface area is 228 Å². The summed E-state index contributed by atoms with van der Waals surface area (Å²) in [7, 11) is -8.08. The number of nitrogens with one attached hydrogen (secondary N) is 2. The van der Waals surface area contributed by atoms with E-state index in [-0.39, 0.29) is 40.5 Å². The number of hydrogen-bond acceptors (Lipinski definition) is 7. The predicted molar refractivity (Wildman–Crippen MR) is 140 cm³/mol. The first-order valence-electron chi connectivity index (χ1n) is 10.8. The molecule has 3 rings (SSSR count). The van der Waals surface area contributed by atoms with Gasteiger partial charge in [-0.1, -0.05) is 23.2 Å². The number of rotatable bonds is 11. The van der Waals surface area contributed by atoms with Crippen LogP contribution in [-0.4, -0.2) is 37.2 Å². The van der Waals surface area contributed by atoms with E-state index < -0.39 is 52.8 Å². The molecule has 0 radical (unpaired) electrons. The Morgan fingerprint density at radius 2 is 1.21 bits per heavy atom. The van der Waals surface area contributed by atoms with Crippen LogP contribution in [0.15, 0.2) is 52.3 Å². The minimum atomic E-state index is -4.66. The van der Waals surface area contributed by atoms with Gasteiger partial charge in [0, 0.05) is 22.2 Å². The van der Waals surface area contributed by atoms with Crippen LogP contribution < -0.4 is 23.7 Å². The number of anilines is 2. The van der Waals surface area contributed by atoms with Crippen LogP contribution in [0.5, 0.6) is 17.2 Å². The molecule has 0 saturated heterocycles. The SMILES string of the molecule is CCOc1cc(Cl)cc(F)c1NS(=O)(=O)c1ccc(OC)c(S(=O)(=O)Nc2c(F)cc(Cl)cc2OCC)c1. The summed E-state index contributed by atoms with van der Waals surface area (Å²) >= 11 is 11.7. The lowest BCUT2D eigenvalue weighted by molar-refractivity contribution is 0.340. The van der Waals surface area contributed by atoms with Gasteiger partial charge in [0.05, 0.1) is 25.2 Å². The van der Waals surface area contributed by atoms with Crippen LogP contribution in [-0.2, 0) is 20.0 Å². The third-order valence-corrected chi connectivity index (χ3v) is 8.00. The molecule has 3 aromatic carbocycles. The highest BCUT2D eigenvalue weighted by atomic mass is 35.5. The van der Waals surface area contributed by atoms with E-state index in [1.165, 1.54) is 12.1 Å². The lowest BCUT2D eigenvalue weighted by Gasteiger charge is -2.17. The molecule has 0 fully saturated rings. The Bertz CT molecular complexity index is 1570. The smallest absolute Gasteiger partial charge is 0.265 e. The minimum Gasteiger partial charge on any atom is -0.495 e. The Morgan fingerprint density at radius 3 is 1.66 bits per heavy atom. The van der Waals surface area contributed by atoms with E-state index in [0.717, 1.165) is 37.4 Å². The van der Waals surface area contributed by atoms with Gasteiger partial charge in [-0.15, -0.1) is 0 Å². The van der Waals surface area contributed by atoms with E-state index in [1.54, 1.807) is 13.8 Å². The highest BCUT2D eigenvalue weighted by molar-refractivity contribution is 7.93. The molecule has 15 heteroatoms. The molecule has 0 atom stereocenters. The molecular weight excluding hydrogens is 589 g/mol. The molecule has 2 N–H and O–H groups in total. The molecule has 0 spiro atoms. The summed E-state index contributed by atoms with van der Waals surface area (Å²) in [6.07, 6.45) is 0. The van der Waals surface area contributed by atoms with E-state index in [1.807, 2.05) is 0 Å². The minimum absolute atomic E-state index is 0.0290. The molecule has 0 aliphatic rings. The van der Waals surface area contributed by atoms with Gasteiger partial charge in [-0.25, -0.2) is 25.6 Å². The predicted octanol–water partition coefficient (Wildman–Crippen LogP) is 5.68. The second-order valence-corrected chi connectivity index (χ2v) is 11.6. The van der Waals surface area contributed by atoms with Crippen molar-refractivity contribution in [2.45, 2.75) is 23.6 Å². The van der Waals surface area contributed by atoms with E-state index in [0.29, 0.717) is 0 Å². The molecule has 0 amide bonds. The fourth-order valence-corrected chi connectivity index (χ4v) is 6.10. The summed E-state index contributed by atoms with van der Waals surface area (Å²) in [6.45, 7) is 3.35. The molecule has 38 heavy (non-hydrogen) atoms. The van der Waals surface area contributed by atoms with Crippen LogP contribution >= 0.6 is 23.2 Å². The van der Waals surface area contributed by atoms with Crippen molar-refractivity contribution in [3.05, 3.63) is 64.1 Å². The van der Waals surface area contributed by atoms with Crippen molar-refractivity contribution in [2.75, 3.05) is 29.8 Å². The highest BCUT2D eigenvalue weighted by Crippen LogP contribution is 2.37. The van der Waals surface area contributed by atoms with Gasteiger partial charge in [-0.3, -0.25) is 9.44 Å². The normalized spacial score (nSPS) is 11.7. The number of sulfonamides is 2.